The van der Waals surface area contributed by atoms with Crippen molar-refractivity contribution in [1.29, 1.82) is 0 Å². The van der Waals surface area contributed by atoms with E-state index in [0.717, 1.165) is 18.9 Å². The lowest BCUT2D eigenvalue weighted by atomic mass is 10.2. The molecular weight excluding hydrogens is 428 g/mol. The maximum atomic E-state index is 12.5. The Kier molecular flexibility index (Phi) is 11.0. The average Bonchev–Trinajstić information content (AvgIpc) is 3.45. The van der Waals surface area contributed by atoms with Crippen molar-refractivity contribution in [2.45, 2.75) is 7.43 Å². The Morgan fingerprint density at radius 2 is 1.67 bits per heavy atom. The third-order valence-electron chi connectivity index (χ3n) is 3.50. The first-order valence-corrected chi connectivity index (χ1v) is 9.10. The first-order valence-electron chi connectivity index (χ1n) is 8.35. The van der Waals surface area contributed by atoms with Crippen LogP contribution in [0.4, 0.5) is 4.39 Å². The average molecular weight is 448 g/mol. The van der Waals surface area contributed by atoms with Crippen molar-refractivity contribution >= 4 is 42.0 Å². The molecule has 1 aliphatic rings. The van der Waals surface area contributed by atoms with E-state index in [2.05, 4.69) is 10.1 Å². The second-order valence-electron chi connectivity index (χ2n) is 5.50. The van der Waals surface area contributed by atoms with Gasteiger partial charge in [-0.3, -0.25) is 14.6 Å². The molecule has 4 rings (SSSR count). The van der Waals surface area contributed by atoms with Crippen molar-refractivity contribution in [2.24, 2.45) is 4.99 Å². The lowest BCUT2D eigenvalue weighted by Crippen LogP contribution is -1.98. The zero-order valence-electron chi connectivity index (χ0n) is 15.1. The third-order valence-corrected chi connectivity index (χ3v) is 3.97. The predicted octanol–water partition coefficient (Wildman–Crippen LogP) is 5.89. The highest BCUT2D eigenvalue weighted by molar-refractivity contribution is 6.31. The molecule has 2 heterocycles. The van der Waals surface area contributed by atoms with Crippen LogP contribution in [0.5, 0.6) is 0 Å². The van der Waals surface area contributed by atoms with Crippen molar-refractivity contribution in [3.05, 3.63) is 94.0 Å². The molecule has 0 radical (unpaired) electrons. The molecule has 0 spiro atoms. The summed E-state index contributed by atoms with van der Waals surface area (Å²) in [6.45, 7) is 0.889. The van der Waals surface area contributed by atoms with Gasteiger partial charge in [-0.15, -0.1) is 0 Å². The molecule has 0 aliphatic carbocycles. The SMILES string of the molecule is C.C1=CCN=C1.O=Cc1ccc(Cl)cc1-n1cccn1.O=Cc1ccc(Cl)cc1F. The smallest absolute Gasteiger partial charge is 0.152 e. The minimum absolute atomic E-state index is 0. The quantitative estimate of drug-likeness (QED) is 0.469. The molecule has 0 saturated carbocycles. The molecule has 30 heavy (non-hydrogen) atoms. The highest BCUT2D eigenvalue weighted by atomic mass is 35.5. The van der Waals surface area contributed by atoms with Crippen molar-refractivity contribution < 1.29 is 14.0 Å². The number of nitrogens with zero attached hydrogens (tertiary/aromatic N) is 3. The Morgan fingerprint density at radius 3 is 2.13 bits per heavy atom. The molecule has 8 heteroatoms. The number of halogens is 3. The fourth-order valence-electron chi connectivity index (χ4n) is 2.13. The molecule has 5 nitrogen and oxygen atoms in total. The molecule has 3 aromatic rings. The summed E-state index contributed by atoms with van der Waals surface area (Å²) in [5.74, 6) is -0.581. The number of aliphatic imine (C=N–C) groups is 1. The van der Waals surface area contributed by atoms with E-state index in [1.165, 1.54) is 12.1 Å². The van der Waals surface area contributed by atoms with Gasteiger partial charge in [-0.25, -0.2) is 9.07 Å². The van der Waals surface area contributed by atoms with E-state index < -0.39 is 5.82 Å². The fourth-order valence-corrected chi connectivity index (χ4v) is 2.45. The molecule has 156 valence electrons. The van der Waals surface area contributed by atoms with Crippen molar-refractivity contribution in [1.82, 2.24) is 9.78 Å². The molecule has 0 bridgehead atoms. The Morgan fingerprint density at radius 1 is 1.00 bits per heavy atom. The third kappa shape index (κ3) is 7.73. The van der Waals surface area contributed by atoms with Crippen LogP contribution < -0.4 is 0 Å². The van der Waals surface area contributed by atoms with Gasteiger partial charge in [-0.1, -0.05) is 36.7 Å². The molecule has 0 unspecified atom stereocenters. The topological polar surface area (TPSA) is 64.3 Å². The van der Waals surface area contributed by atoms with E-state index in [0.29, 0.717) is 27.6 Å². The highest BCUT2D eigenvalue weighted by Gasteiger charge is 2.04. The molecule has 0 saturated heterocycles. The van der Waals surface area contributed by atoms with Gasteiger partial charge >= 0.3 is 0 Å². The van der Waals surface area contributed by atoms with Gasteiger partial charge in [0.05, 0.1) is 17.8 Å². The van der Waals surface area contributed by atoms with Gasteiger partial charge in [0.15, 0.2) is 12.6 Å². The summed E-state index contributed by atoms with van der Waals surface area (Å²) in [5.41, 5.74) is 1.29. The van der Waals surface area contributed by atoms with Crippen LogP contribution in [0.3, 0.4) is 0 Å². The van der Waals surface area contributed by atoms with E-state index >= 15 is 0 Å². The summed E-state index contributed by atoms with van der Waals surface area (Å²) >= 11 is 11.3. The number of aldehydes is 2. The predicted molar refractivity (Wildman–Crippen MR) is 120 cm³/mol. The van der Waals surface area contributed by atoms with E-state index in [-0.39, 0.29) is 13.0 Å². The number of aromatic nitrogens is 2. The molecule has 0 amide bonds. The maximum Gasteiger partial charge on any atom is 0.152 e. The van der Waals surface area contributed by atoms with Gasteiger partial charge in [-0.2, -0.15) is 5.10 Å². The van der Waals surface area contributed by atoms with Crippen LogP contribution in [0.25, 0.3) is 5.69 Å². The van der Waals surface area contributed by atoms with Gasteiger partial charge in [0.2, 0.25) is 0 Å². The van der Waals surface area contributed by atoms with Crippen LogP contribution in [-0.2, 0) is 0 Å². The van der Waals surface area contributed by atoms with Crippen LogP contribution in [-0.4, -0.2) is 35.1 Å². The van der Waals surface area contributed by atoms with E-state index in [9.17, 15) is 14.0 Å². The second-order valence-corrected chi connectivity index (χ2v) is 6.37. The van der Waals surface area contributed by atoms with Gasteiger partial charge < -0.3 is 0 Å². The van der Waals surface area contributed by atoms with E-state index in [1.54, 1.807) is 47.6 Å². The summed E-state index contributed by atoms with van der Waals surface area (Å²) < 4.78 is 14.1. The lowest BCUT2D eigenvalue weighted by molar-refractivity contribution is 0.111. The number of hydrogen-bond acceptors (Lipinski definition) is 4. The van der Waals surface area contributed by atoms with Crippen molar-refractivity contribution in [3.63, 3.8) is 0 Å². The standard InChI is InChI=1S/C10H7ClN2O.C7H4ClFO.C4H5N.CH4/c11-9-3-2-8(7-14)10(6-9)13-5-1-4-12-13;8-6-2-1-5(4-10)7(9)3-6;1-2-4-5-3-1;/h1-7H;1-4H;1-3H,4H2;1H4. The Labute approximate surface area is 184 Å². The Bertz CT molecular complexity index is 1010. The highest BCUT2D eigenvalue weighted by Crippen LogP contribution is 2.18. The normalized spacial score (nSPS) is 10.8. The second kappa shape index (κ2) is 13.2. The molecule has 1 aliphatic heterocycles. The molecule has 0 N–H and O–H groups in total. The van der Waals surface area contributed by atoms with Gasteiger partial charge in [0.1, 0.15) is 5.82 Å². The molecule has 0 fully saturated rings. The molecule has 0 atom stereocenters. The summed E-state index contributed by atoms with van der Waals surface area (Å²) in [6.07, 6.45) is 10.4. The maximum absolute atomic E-state index is 12.5. The van der Waals surface area contributed by atoms with Gasteiger partial charge in [0.25, 0.3) is 0 Å². The van der Waals surface area contributed by atoms with E-state index in [1.807, 2.05) is 12.2 Å². The van der Waals surface area contributed by atoms with Crippen molar-refractivity contribution in [3.8, 4) is 5.69 Å². The van der Waals surface area contributed by atoms with Crippen LogP contribution >= 0.6 is 23.2 Å². The number of benzene rings is 2. The molecule has 2 aromatic carbocycles. The number of carbonyl (C=O) groups is 2. The fraction of sp³-hybridized carbons (Fsp3) is 0.0909. The Hall–Kier alpha value is -3.09. The monoisotopic (exact) mass is 447 g/mol. The van der Waals surface area contributed by atoms with Gasteiger partial charge in [0, 0.05) is 34.2 Å². The number of allylic oxidation sites excluding steroid dienone is 1. The zero-order valence-corrected chi connectivity index (χ0v) is 16.6. The number of carbonyl (C=O) groups excluding carboxylic acids is 2. The van der Waals surface area contributed by atoms with E-state index in [4.69, 9.17) is 23.2 Å². The minimum atomic E-state index is -0.581. The van der Waals surface area contributed by atoms with Crippen molar-refractivity contribution in [2.75, 3.05) is 6.54 Å². The number of rotatable bonds is 3. The van der Waals surface area contributed by atoms with Crippen LogP contribution in [0, 0.1) is 5.82 Å². The summed E-state index contributed by atoms with van der Waals surface area (Å²) in [5, 5.41) is 4.91. The first-order chi connectivity index (χ1) is 14.0. The number of hydrogen-bond donors (Lipinski definition) is 0. The van der Waals surface area contributed by atoms with Crippen LogP contribution in [0.15, 0.2) is 72.0 Å². The Balaban J connectivity index is 0.000000246. The summed E-state index contributed by atoms with van der Waals surface area (Å²) in [6, 6.07) is 10.8. The first kappa shape index (κ1) is 24.9. The molecule has 1 aromatic heterocycles. The minimum Gasteiger partial charge on any atom is -0.298 e. The van der Waals surface area contributed by atoms with Gasteiger partial charge in [-0.05, 0) is 48.5 Å². The molecular formula is C22H20Cl2FN3O2. The largest absolute Gasteiger partial charge is 0.298 e. The zero-order chi connectivity index (χ0) is 21.1. The van der Waals surface area contributed by atoms with Crippen LogP contribution in [0.2, 0.25) is 10.0 Å². The summed E-state index contributed by atoms with van der Waals surface area (Å²) in [7, 11) is 0. The summed E-state index contributed by atoms with van der Waals surface area (Å²) in [4.78, 5) is 24.7. The van der Waals surface area contributed by atoms with Crippen LogP contribution in [0.1, 0.15) is 28.1 Å². The lowest BCUT2D eigenvalue weighted by Gasteiger charge is -2.04.